The second-order valence-corrected chi connectivity index (χ2v) is 4.54. The van der Waals surface area contributed by atoms with Gasteiger partial charge >= 0.3 is 0 Å². The maximum Gasteiger partial charge on any atom is 0.134 e. The van der Waals surface area contributed by atoms with E-state index in [9.17, 15) is 5.11 Å². The third-order valence-electron chi connectivity index (χ3n) is 2.58. The Morgan fingerprint density at radius 2 is 2.28 bits per heavy atom. The third-order valence-corrected chi connectivity index (χ3v) is 2.89. The van der Waals surface area contributed by atoms with Crippen LogP contribution in [0.2, 0.25) is 5.02 Å². The van der Waals surface area contributed by atoms with Crippen LogP contribution >= 0.6 is 11.6 Å². The second kappa shape index (κ2) is 5.78. The van der Waals surface area contributed by atoms with Crippen molar-refractivity contribution in [2.75, 3.05) is 5.32 Å². The summed E-state index contributed by atoms with van der Waals surface area (Å²) in [4.78, 5) is 0. The SMILES string of the molecule is CCCn1cc(CNc2ccc(O)c(Cl)c2)cn1. The van der Waals surface area contributed by atoms with Crippen molar-refractivity contribution in [3.63, 3.8) is 0 Å². The number of nitrogens with one attached hydrogen (secondary N) is 1. The highest BCUT2D eigenvalue weighted by molar-refractivity contribution is 6.32. The molecule has 2 N–H and O–H groups in total. The highest BCUT2D eigenvalue weighted by Crippen LogP contribution is 2.26. The largest absolute Gasteiger partial charge is 0.506 e. The number of benzene rings is 1. The molecule has 0 aliphatic heterocycles. The molecule has 0 aliphatic carbocycles. The van der Waals surface area contributed by atoms with Gasteiger partial charge in [0, 0.05) is 30.5 Å². The second-order valence-electron chi connectivity index (χ2n) is 4.13. The van der Waals surface area contributed by atoms with Crippen LogP contribution in [-0.4, -0.2) is 14.9 Å². The van der Waals surface area contributed by atoms with Crippen LogP contribution in [0, 0.1) is 0 Å². The Labute approximate surface area is 111 Å². The normalized spacial score (nSPS) is 10.6. The van der Waals surface area contributed by atoms with Crippen LogP contribution in [0.4, 0.5) is 5.69 Å². The molecule has 0 radical (unpaired) electrons. The topological polar surface area (TPSA) is 50.1 Å². The number of phenolic OH excluding ortho intramolecular Hbond substituents is 1. The van der Waals surface area contributed by atoms with E-state index in [2.05, 4.69) is 17.3 Å². The molecule has 0 fully saturated rings. The van der Waals surface area contributed by atoms with Crippen LogP contribution in [-0.2, 0) is 13.1 Å². The van der Waals surface area contributed by atoms with Crippen molar-refractivity contribution in [3.8, 4) is 5.75 Å². The molecule has 2 aromatic rings. The minimum Gasteiger partial charge on any atom is -0.506 e. The molecular weight excluding hydrogens is 250 g/mol. The lowest BCUT2D eigenvalue weighted by atomic mass is 10.3. The molecule has 4 nitrogen and oxygen atoms in total. The molecule has 1 aromatic carbocycles. The number of aromatic nitrogens is 2. The van der Waals surface area contributed by atoms with Crippen molar-refractivity contribution < 1.29 is 5.11 Å². The van der Waals surface area contributed by atoms with Crippen molar-refractivity contribution in [1.29, 1.82) is 0 Å². The van der Waals surface area contributed by atoms with E-state index in [-0.39, 0.29) is 5.75 Å². The third kappa shape index (κ3) is 3.17. The lowest BCUT2D eigenvalue weighted by Gasteiger charge is -2.05. The van der Waals surface area contributed by atoms with Gasteiger partial charge in [-0.1, -0.05) is 18.5 Å². The van der Waals surface area contributed by atoms with E-state index in [0.29, 0.717) is 11.6 Å². The summed E-state index contributed by atoms with van der Waals surface area (Å²) in [6.45, 7) is 3.74. The van der Waals surface area contributed by atoms with Gasteiger partial charge in [-0.3, -0.25) is 4.68 Å². The maximum atomic E-state index is 9.32. The molecule has 0 saturated heterocycles. The summed E-state index contributed by atoms with van der Waals surface area (Å²) < 4.78 is 1.93. The van der Waals surface area contributed by atoms with E-state index < -0.39 is 0 Å². The van der Waals surface area contributed by atoms with Gasteiger partial charge in [0.05, 0.1) is 11.2 Å². The number of rotatable bonds is 5. The molecule has 96 valence electrons. The molecule has 0 saturated carbocycles. The number of aryl methyl sites for hydroxylation is 1. The van der Waals surface area contributed by atoms with E-state index in [1.807, 2.05) is 17.1 Å². The smallest absolute Gasteiger partial charge is 0.134 e. The zero-order valence-corrected chi connectivity index (χ0v) is 11.0. The molecule has 0 atom stereocenters. The predicted molar refractivity (Wildman–Crippen MR) is 73.0 cm³/mol. The van der Waals surface area contributed by atoms with Crippen molar-refractivity contribution in [2.45, 2.75) is 26.4 Å². The molecule has 18 heavy (non-hydrogen) atoms. The molecule has 0 bridgehead atoms. The fraction of sp³-hybridized carbons (Fsp3) is 0.308. The van der Waals surface area contributed by atoms with Crippen LogP contribution in [0.1, 0.15) is 18.9 Å². The van der Waals surface area contributed by atoms with Gasteiger partial charge in [-0.15, -0.1) is 0 Å². The molecule has 1 heterocycles. The summed E-state index contributed by atoms with van der Waals surface area (Å²) in [7, 11) is 0. The van der Waals surface area contributed by atoms with Crippen LogP contribution in [0.5, 0.6) is 5.75 Å². The van der Waals surface area contributed by atoms with Gasteiger partial charge in [-0.05, 0) is 24.6 Å². The quantitative estimate of drug-likeness (QED) is 0.816. The summed E-state index contributed by atoms with van der Waals surface area (Å²) >= 11 is 5.83. The average molecular weight is 266 g/mol. The summed E-state index contributed by atoms with van der Waals surface area (Å²) in [5, 5.41) is 17.2. The zero-order chi connectivity index (χ0) is 13.0. The molecule has 0 spiro atoms. The standard InChI is InChI=1S/C13H16ClN3O/c1-2-5-17-9-10(8-16-17)7-15-11-3-4-13(18)12(14)6-11/h3-4,6,8-9,15,18H,2,5,7H2,1H3. The van der Waals surface area contributed by atoms with E-state index in [4.69, 9.17) is 11.6 Å². The van der Waals surface area contributed by atoms with Crippen LogP contribution in [0.15, 0.2) is 30.6 Å². The fourth-order valence-electron chi connectivity index (χ4n) is 1.67. The Morgan fingerprint density at radius 1 is 1.44 bits per heavy atom. The maximum absolute atomic E-state index is 9.32. The van der Waals surface area contributed by atoms with Gasteiger partial charge in [0.15, 0.2) is 0 Å². The fourth-order valence-corrected chi connectivity index (χ4v) is 1.85. The number of phenols is 1. The Morgan fingerprint density at radius 3 is 3.00 bits per heavy atom. The van der Waals surface area contributed by atoms with Crippen molar-refractivity contribution in [1.82, 2.24) is 9.78 Å². The monoisotopic (exact) mass is 265 g/mol. The first-order valence-corrected chi connectivity index (χ1v) is 6.30. The minimum absolute atomic E-state index is 0.0954. The van der Waals surface area contributed by atoms with Crippen molar-refractivity contribution >= 4 is 17.3 Å². The molecule has 0 amide bonds. The van der Waals surface area contributed by atoms with Gasteiger partial charge in [-0.2, -0.15) is 5.10 Å². The number of aromatic hydroxyl groups is 1. The first-order valence-electron chi connectivity index (χ1n) is 5.92. The number of nitrogens with zero attached hydrogens (tertiary/aromatic N) is 2. The average Bonchev–Trinajstić information content (AvgIpc) is 2.79. The molecule has 5 heteroatoms. The van der Waals surface area contributed by atoms with Crippen LogP contribution < -0.4 is 5.32 Å². The first-order chi connectivity index (χ1) is 8.69. The summed E-state index contributed by atoms with van der Waals surface area (Å²) in [5.41, 5.74) is 1.99. The van der Waals surface area contributed by atoms with Crippen LogP contribution in [0.3, 0.4) is 0 Å². The van der Waals surface area contributed by atoms with Gasteiger partial charge in [0.1, 0.15) is 5.75 Å². The highest BCUT2D eigenvalue weighted by atomic mass is 35.5. The Kier molecular flexibility index (Phi) is 4.10. The molecule has 1 aromatic heterocycles. The predicted octanol–water partition coefficient (Wildman–Crippen LogP) is 3.26. The Balaban J connectivity index is 1.95. The minimum atomic E-state index is 0.0954. The van der Waals surface area contributed by atoms with E-state index in [1.165, 1.54) is 0 Å². The highest BCUT2D eigenvalue weighted by Gasteiger charge is 2.01. The van der Waals surface area contributed by atoms with E-state index in [1.54, 1.807) is 18.2 Å². The van der Waals surface area contributed by atoms with Gasteiger partial charge in [0.25, 0.3) is 0 Å². The summed E-state index contributed by atoms with van der Waals surface area (Å²) in [5.74, 6) is 0.0954. The lowest BCUT2D eigenvalue weighted by Crippen LogP contribution is -1.99. The first kappa shape index (κ1) is 12.8. The Bertz CT molecular complexity index is 525. The number of hydrogen-bond acceptors (Lipinski definition) is 3. The molecule has 0 unspecified atom stereocenters. The van der Waals surface area contributed by atoms with Crippen molar-refractivity contribution in [3.05, 3.63) is 41.2 Å². The summed E-state index contributed by atoms with van der Waals surface area (Å²) in [6.07, 6.45) is 4.95. The zero-order valence-electron chi connectivity index (χ0n) is 10.2. The molecule has 2 rings (SSSR count). The number of hydrogen-bond donors (Lipinski definition) is 2. The lowest BCUT2D eigenvalue weighted by molar-refractivity contribution is 0.475. The van der Waals surface area contributed by atoms with E-state index >= 15 is 0 Å². The molecule has 0 aliphatic rings. The van der Waals surface area contributed by atoms with Gasteiger partial charge in [0.2, 0.25) is 0 Å². The summed E-state index contributed by atoms with van der Waals surface area (Å²) in [6, 6.07) is 5.07. The van der Waals surface area contributed by atoms with Gasteiger partial charge < -0.3 is 10.4 Å². The number of anilines is 1. The van der Waals surface area contributed by atoms with Gasteiger partial charge in [-0.25, -0.2) is 0 Å². The van der Waals surface area contributed by atoms with E-state index in [0.717, 1.165) is 24.2 Å². The van der Waals surface area contributed by atoms with Crippen molar-refractivity contribution in [2.24, 2.45) is 0 Å². The van der Waals surface area contributed by atoms with Crippen LogP contribution in [0.25, 0.3) is 0 Å². The number of halogens is 1. The Hall–Kier alpha value is -1.68. The molecular formula is C13H16ClN3O.